The van der Waals surface area contributed by atoms with E-state index in [1.54, 1.807) is 24.0 Å². The number of hydrogen-bond donors (Lipinski definition) is 2. The third kappa shape index (κ3) is 6.97. The highest BCUT2D eigenvalue weighted by Crippen LogP contribution is 2.59. The molecular formula is C36H52N4O7. The first-order valence-electron chi connectivity index (χ1n) is 17.0. The number of nitrogens with one attached hydrogen (secondary N) is 1. The van der Waals surface area contributed by atoms with Gasteiger partial charge in [0.15, 0.2) is 0 Å². The lowest BCUT2D eigenvalue weighted by Crippen LogP contribution is -2.59. The zero-order chi connectivity index (χ0) is 34.5. The van der Waals surface area contributed by atoms with Gasteiger partial charge in [-0.1, -0.05) is 26.0 Å². The molecule has 1 aromatic carbocycles. The minimum absolute atomic E-state index is 0.125. The molecule has 4 rings (SSSR count). The van der Waals surface area contributed by atoms with Gasteiger partial charge in [-0.05, 0) is 70.2 Å². The van der Waals surface area contributed by atoms with Gasteiger partial charge in [-0.15, -0.1) is 13.2 Å². The number of amides is 3. The SMILES string of the molecule is C=CCCC(=O)NC[C@@H](C)OC(=O)[C@@H]1[C@@H]2CC[C@]3(O2)[C@H](C(=O)N(CC=C)c2ccc(N(CC)CC)cc2)N([C@@H](CO)C(C)C)C(=O)[C@@H]13. The Kier molecular flexibility index (Phi) is 11.9. The molecule has 2 N–H and O–H groups in total. The number of benzene rings is 1. The second kappa shape index (κ2) is 15.5. The van der Waals surface area contributed by atoms with Crippen molar-refractivity contribution in [3.8, 4) is 0 Å². The van der Waals surface area contributed by atoms with Crippen LogP contribution in [0.2, 0.25) is 0 Å². The Balaban J connectivity index is 1.66. The number of fused-ring (bicyclic) bond motifs is 1. The van der Waals surface area contributed by atoms with Gasteiger partial charge in [0.2, 0.25) is 11.8 Å². The molecule has 3 amide bonds. The van der Waals surface area contributed by atoms with Gasteiger partial charge in [0, 0.05) is 37.4 Å². The minimum Gasteiger partial charge on any atom is -0.460 e. The molecule has 0 radical (unpaired) electrons. The van der Waals surface area contributed by atoms with Crippen LogP contribution in [0, 0.1) is 17.8 Å². The highest BCUT2D eigenvalue weighted by Gasteiger charge is 2.75. The molecule has 258 valence electrons. The van der Waals surface area contributed by atoms with E-state index in [0.717, 1.165) is 18.8 Å². The van der Waals surface area contributed by atoms with Gasteiger partial charge < -0.3 is 34.6 Å². The van der Waals surface area contributed by atoms with Crippen LogP contribution >= 0.6 is 0 Å². The number of ether oxygens (including phenoxy) is 2. The molecule has 1 spiro atoms. The first-order valence-corrected chi connectivity index (χ1v) is 17.0. The summed E-state index contributed by atoms with van der Waals surface area (Å²) in [5.41, 5.74) is 0.426. The van der Waals surface area contributed by atoms with Crippen LogP contribution in [0.3, 0.4) is 0 Å². The van der Waals surface area contributed by atoms with E-state index in [1.807, 2.05) is 38.1 Å². The Hall–Kier alpha value is -3.70. The maximum atomic E-state index is 14.8. The van der Waals surface area contributed by atoms with Crippen molar-refractivity contribution in [2.24, 2.45) is 17.8 Å². The number of esters is 1. The fourth-order valence-corrected chi connectivity index (χ4v) is 7.54. The molecule has 0 saturated carbocycles. The predicted molar refractivity (Wildman–Crippen MR) is 181 cm³/mol. The largest absolute Gasteiger partial charge is 0.460 e. The molecule has 11 nitrogen and oxygen atoms in total. The third-order valence-corrected chi connectivity index (χ3v) is 9.91. The predicted octanol–water partition coefficient (Wildman–Crippen LogP) is 3.46. The fourth-order valence-electron chi connectivity index (χ4n) is 7.54. The summed E-state index contributed by atoms with van der Waals surface area (Å²) in [6.07, 6.45) is 3.81. The monoisotopic (exact) mass is 652 g/mol. The molecule has 0 aromatic heterocycles. The van der Waals surface area contributed by atoms with Gasteiger partial charge in [0.25, 0.3) is 5.91 Å². The van der Waals surface area contributed by atoms with E-state index in [2.05, 4.69) is 37.2 Å². The van der Waals surface area contributed by atoms with Gasteiger partial charge in [0.1, 0.15) is 17.7 Å². The summed E-state index contributed by atoms with van der Waals surface area (Å²) in [6, 6.07) is 6.00. The number of nitrogens with zero attached hydrogens (tertiary/aromatic N) is 3. The molecule has 0 aliphatic carbocycles. The smallest absolute Gasteiger partial charge is 0.312 e. The average Bonchev–Trinajstić information content (AvgIpc) is 3.70. The average molecular weight is 653 g/mol. The zero-order valence-corrected chi connectivity index (χ0v) is 28.5. The molecule has 3 fully saturated rings. The minimum atomic E-state index is -1.26. The molecule has 0 unspecified atom stereocenters. The third-order valence-electron chi connectivity index (χ3n) is 9.91. The van der Waals surface area contributed by atoms with Crippen LogP contribution < -0.4 is 15.1 Å². The van der Waals surface area contributed by atoms with E-state index in [0.29, 0.717) is 24.9 Å². The Morgan fingerprint density at radius 3 is 2.36 bits per heavy atom. The fraction of sp³-hybridized carbons (Fsp3) is 0.611. The molecule has 11 heteroatoms. The second-order valence-corrected chi connectivity index (χ2v) is 13.1. The molecule has 47 heavy (non-hydrogen) atoms. The summed E-state index contributed by atoms with van der Waals surface area (Å²) >= 11 is 0. The second-order valence-electron chi connectivity index (χ2n) is 13.1. The van der Waals surface area contributed by atoms with Crippen LogP contribution in [0.15, 0.2) is 49.6 Å². The van der Waals surface area contributed by atoms with Crippen LogP contribution in [-0.4, -0.2) is 96.4 Å². The maximum Gasteiger partial charge on any atom is 0.312 e. The van der Waals surface area contributed by atoms with E-state index < -0.39 is 47.7 Å². The van der Waals surface area contributed by atoms with E-state index in [9.17, 15) is 24.3 Å². The highest BCUT2D eigenvalue weighted by atomic mass is 16.6. The maximum absolute atomic E-state index is 14.8. The lowest BCUT2D eigenvalue weighted by molar-refractivity contribution is -0.160. The standard InChI is InChI=1S/C36H52N4O7/c1-8-12-13-29(42)37-21-24(7)46-35(45)30-28-18-19-36(47-28)31(30)33(43)40(27(22-41)23(5)6)32(36)34(44)39(20-9-2)26-16-14-25(15-17-26)38(10-3)11-4/h8-9,14-17,23-24,27-28,30-32,41H,1-2,10-13,18-22H2,3-7H3,(H,37,42)/t24-,27+,28+,30-,31-,32+,36-/m1/s1. The lowest BCUT2D eigenvalue weighted by atomic mass is 9.70. The summed E-state index contributed by atoms with van der Waals surface area (Å²) in [5, 5.41) is 13.3. The molecular weight excluding hydrogens is 600 g/mol. The number of aliphatic hydroxyl groups excluding tert-OH is 1. The van der Waals surface area contributed by atoms with Crippen molar-refractivity contribution >= 4 is 35.1 Å². The summed E-state index contributed by atoms with van der Waals surface area (Å²) in [7, 11) is 0. The zero-order valence-electron chi connectivity index (χ0n) is 28.5. The number of carbonyl (C=O) groups excluding carboxylic acids is 4. The van der Waals surface area contributed by atoms with Gasteiger partial charge in [-0.25, -0.2) is 0 Å². The van der Waals surface area contributed by atoms with Crippen LogP contribution in [0.25, 0.3) is 0 Å². The summed E-state index contributed by atoms with van der Waals surface area (Å²) < 4.78 is 12.4. The normalized spacial score (nSPS) is 25.7. The molecule has 1 aromatic rings. The summed E-state index contributed by atoms with van der Waals surface area (Å²) in [5.74, 6) is -3.53. The van der Waals surface area contributed by atoms with Crippen molar-refractivity contribution in [2.45, 2.75) is 90.2 Å². The molecule has 3 aliphatic heterocycles. The van der Waals surface area contributed by atoms with Crippen LogP contribution in [0.5, 0.6) is 0 Å². The number of carbonyl (C=O) groups is 4. The van der Waals surface area contributed by atoms with Crippen molar-refractivity contribution in [3.63, 3.8) is 0 Å². The van der Waals surface area contributed by atoms with Crippen molar-refractivity contribution < 1.29 is 33.8 Å². The van der Waals surface area contributed by atoms with E-state index >= 15 is 0 Å². The number of hydrogen-bond acceptors (Lipinski definition) is 8. The first-order chi connectivity index (χ1) is 22.5. The lowest BCUT2D eigenvalue weighted by Gasteiger charge is -2.40. The molecule has 2 bridgehead atoms. The number of rotatable bonds is 17. The van der Waals surface area contributed by atoms with E-state index in [4.69, 9.17) is 9.47 Å². The number of aliphatic hydroxyl groups is 1. The first kappa shape index (κ1) is 36.1. The quantitative estimate of drug-likeness (QED) is 0.194. The van der Waals surface area contributed by atoms with Crippen LogP contribution in [-0.2, 0) is 28.7 Å². The van der Waals surface area contributed by atoms with Gasteiger partial charge in [-0.3, -0.25) is 19.2 Å². The van der Waals surface area contributed by atoms with Crippen molar-refractivity contribution in [3.05, 3.63) is 49.6 Å². The van der Waals surface area contributed by atoms with Crippen LogP contribution in [0.4, 0.5) is 11.4 Å². The van der Waals surface area contributed by atoms with E-state index in [-0.39, 0.29) is 49.8 Å². The Morgan fingerprint density at radius 2 is 1.79 bits per heavy atom. The van der Waals surface area contributed by atoms with E-state index in [1.165, 1.54) is 4.90 Å². The van der Waals surface area contributed by atoms with Gasteiger partial charge >= 0.3 is 5.97 Å². The Morgan fingerprint density at radius 1 is 1.13 bits per heavy atom. The molecule has 3 saturated heterocycles. The van der Waals surface area contributed by atoms with Crippen molar-refractivity contribution in [1.82, 2.24) is 10.2 Å². The van der Waals surface area contributed by atoms with Crippen LogP contribution in [0.1, 0.15) is 60.3 Å². The summed E-state index contributed by atoms with van der Waals surface area (Å²) in [4.78, 5) is 60.4. The molecule has 3 heterocycles. The highest BCUT2D eigenvalue weighted by molar-refractivity contribution is 6.05. The number of allylic oxidation sites excluding steroid dienone is 1. The van der Waals surface area contributed by atoms with Gasteiger partial charge in [0.05, 0.1) is 37.1 Å². The number of likely N-dealkylation sites (tertiary alicyclic amines) is 1. The topological polar surface area (TPSA) is 129 Å². The van der Waals surface area contributed by atoms with Crippen molar-refractivity contribution in [2.75, 3.05) is 42.6 Å². The van der Waals surface area contributed by atoms with Crippen molar-refractivity contribution in [1.29, 1.82) is 0 Å². The Bertz CT molecular complexity index is 1310. The van der Waals surface area contributed by atoms with Gasteiger partial charge in [-0.2, -0.15) is 0 Å². The molecule has 7 atom stereocenters. The Labute approximate surface area is 278 Å². The number of anilines is 2. The summed E-state index contributed by atoms with van der Waals surface area (Å²) in [6.45, 7) is 18.8. The molecule has 3 aliphatic rings.